The van der Waals surface area contributed by atoms with Gasteiger partial charge in [-0.05, 0) is 6.92 Å². The fourth-order valence-electron chi connectivity index (χ4n) is 1.81. The standard InChI is InChI=1S/C10H15ClN4S/c1-6-7(2)16-4-3-15(6)10-8(11)9(12)13-5-14-10/h5-7H,3-4H2,1-2H3,(H2,12,13,14). The Morgan fingerprint density at radius 2 is 2.25 bits per heavy atom. The topological polar surface area (TPSA) is 55.0 Å². The fraction of sp³-hybridized carbons (Fsp3) is 0.600. The number of aromatic nitrogens is 2. The number of thioether (sulfide) groups is 1. The molecule has 2 atom stereocenters. The van der Waals surface area contributed by atoms with E-state index in [-0.39, 0.29) is 0 Å². The van der Waals surface area contributed by atoms with Crippen molar-refractivity contribution in [2.75, 3.05) is 22.9 Å². The molecule has 1 aliphatic heterocycles. The largest absolute Gasteiger partial charge is 0.382 e. The lowest BCUT2D eigenvalue weighted by atomic mass is 10.2. The summed E-state index contributed by atoms with van der Waals surface area (Å²) in [5.41, 5.74) is 5.69. The summed E-state index contributed by atoms with van der Waals surface area (Å²) in [6, 6.07) is 0.408. The van der Waals surface area contributed by atoms with Gasteiger partial charge in [-0.1, -0.05) is 18.5 Å². The molecule has 1 saturated heterocycles. The van der Waals surface area contributed by atoms with Crippen molar-refractivity contribution in [2.24, 2.45) is 0 Å². The van der Waals surface area contributed by atoms with Crippen LogP contribution in [0, 0.1) is 0 Å². The van der Waals surface area contributed by atoms with Crippen LogP contribution in [-0.4, -0.2) is 33.6 Å². The summed E-state index contributed by atoms with van der Waals surface area (Å²) in [7, 11) is 0. The highest BCUT2D eigenvalue weighted by Gasteiger charge is 2.28. The van der Waals surface area contributed by atoms with Crippen LogP contribution in [0.5, 0.6) is 0 Å². The minimum absolute atomic E-state index is 0.352. The zero-order chi connectivity index (χ0) is 11.7. The SMILES string of the molecule is CC1SCCN(c2ncnc(N)c2Cl)C1C. The molecule has 1 aromatic heterocycles. The molecule has 2 rings (SSSR count). The quantitative estimate of drug-likeness (QED) is 0.836. The molecule has 0 radical (unpaired) electrons. The zero-order valence-corrected chi connectivity index (χ0v) is 10.9. The molecule has 1 aromatic rings. The summed E-state index contributed by atoms with van der Waals surface area (Å²) >= 11 is 8.12. The summed E-state index contributed by atoms with van der Waals surface area (Å²) in [6.07, 6.45) is 1.47. The first kappa shape index (κ1) is 11.8. The first-order valence-electron chi connectivity index (χ1n) is 5.25. The van der Waals surface area contributed by atoms with Gasteiger partial charge in [0.2, 0.25) is 0 Å². The minimum atomic E-state index is 0.352. The smallest absolute Gasteiger partial charge is 0.153 e. The molecule has 0 aliphatic carbocycles. The van der Waals surface area contributed by atoms with E-state index in [1.54, 1.807) is 0 Å². The van der Waals surface area contributed by atoms with Crippen molar-refractivity contribution >= 4 is 35.0 Å². The number of nitrogens with two attached hydrogens (primary N) is 1. The molecule has 0 amide bonds. The second-order valence-electron chi connectivity index (χ2n) is 3.91. The van der Waals surface area contributed by atoms with Crippen LogP contribution < -0.4 is 10.6 Å². The second-order valence-corrected chi connectivity index (χ2v) is 5.77. The molecular formula is C10H15ClN4S. The summed E-state index contributed by atoms with van der Waals surface area (Å²) in [5, 5.41) is 1.04. The van der Waals surface area contributed by atoms with Crippen LogP contribution in [-0.2, 0) is 0 Å². The van der Waals surface area contributed by atoms with Gasteiger partial charge in [-0.25, -0.2) is 9.97 Å². The highest BCUT2D eigenvalue weighted by atomic mass is 35.5. The highest BCUT2D eigenvalue weighted by Crippen LogP contribution is 2.33. The Morgan fingerprint density at radius 3 is 3.00 bits per heavy atom. The van der Waals surface area contributed by atoms with Gasteiger partial charge in [0.05, 0.1) is 0 Å². The van der Waals surface area contributed by atoms with Crippen LogP contribution in [0.1, 0.15) is 13.8 Å². The molecule has 2 unspecified atom stereocenters. The Hall–Kier alpha value is -0.680. The second kappa shape index (κ2) is 4.67. The Morgan fingerprint density at radius 1 is 1.50 bits per heavy atom. The molecule has 4 nitrogen and oxygen atoms in total. The zero-order valence-electron chi connectivity index (χ0n) is 9.35. The van der Waals surface area contributed by atoms with Gasteiger partial charge in [-0.15, -0.1) is 0 Å². The maximum atomic E-state index is 6.14. The Balaban J connectivity index is 2.32. The fourth-order valence-corrected chi connectivity index (χ4v) is 3.11. The third-order valence-corrected chi connectivity index (χ3v) is 4.65. The molecule has 1 fully saturated rings. The van der Waals surface area contributed by atoms with Crippen molar-refractivity contribution < 1.29 is 0 Å². The van der Waals surface area contributed by atoms with E-state index in [1.165, 1.54) is 6.33 Å². The van der Waals surface area contributed by atoms with E-state index in [1.807, 2.05) is 11.8 Å². The maximum Gasteiger partial charge on any atom is 0.153 e. The lowest BCUT2D eigenvalue weighted by Gasteiger charge is -2.38. The van der Waals surface area contributed by atoms with Crippen molar-refractivity contribution in [3.8, 4) is 0 Å². The normalized spacial score (nSPS) is 25.8. The summed E-state index contributed by atoms with van der Waals surface area (Å²) in [4.78, 5) is 10.3. The number of halogens is 1. The van der Waals surface area contributed by atoms with Gasteiger partial charge >= 0.3 is 0 Å². The van der Waals surface area contributed by atoms with Gasteiger partial charge in [0, 0.05) is 23.6 Å². The van der Waals surface area contributed by atoms with E-state index in [9.17, 15) is 0 Å². The van der Waals surface area contributed by atoms with E-state index >= 15 is 0 Å². The van der Waals surface area contributed by atoms with Crippen LogP contribution in [0.2, 0.25) is 5.02 Å². The summed E-state index contributed by atoms with van der Waals surface area (Å²) < 4.78 is 0. The number of hydrogen-bond donors (Lipinski definition) is 1. The van der Waals surface area contributed by atoms with Gasteiger partial charge in [-0.3, -0.25) is 0 Å². The first-order valence-corrected chi connectivity index (χ1v) is 6.68. The van der Waals surface area contributed by atoms with Crippen molar-refractivity contribution in [1.29, 1.82) is 0 Å². The van der Waals surface area contributed by atoms with E-state index in [0.29, 0.717) is 22.1 Å². The van der Waals surface area contributed by atoms with E-state index in [4.69, 9.17) is 17.3 Å². The first-order chi connectivity index (χ1) is 7.61. The van der Waals surface area contributed by atoms with Gasteiger partial charge in [0.25, 0.3) is 0 Å². The Bertz CT molecular complexity index is 387. The molecule has 88 valence electrons. The number of hydrogen-bond acceptors (Lipinski definition) is 5. The lowest BCUT2D eigenvalue weighted by molar-refractivity contribution is 0.620. The molecule has 0 aromatic carbocycles. The van der Waals surface area contributed by atoms with Crippen molar-refractivity contribution in [1.82, 2.24) is 9.97 Å². The summed E-state index contributed by atoms with van der Waals surface area (Å²) in [5.74, 6) is 2.20. The van der Waals surface area contributed by atoms with Gasteiger partial charge in [0.15, 0.2) is 5.82 Å². The predicted octanol–water partition coefficient (Wildman–Crippen LogP) is 2.04. The van der Waals surface area contributed by atoms with Crippen LogP contribution in [0.4, 0.5) is 11.6 Å². The minimum Gasteiger partial charge on any atom is -0.382 e. The molecule has 0 saturated carbocycles. The van der Waals surface area contributed by atoms with Crippen molar-refractivity contribution in [3.05, 3.63) is 11.3 Å². The molecule has 2 heterocycles. The number of nitrogens with zero attached hydrogens (tertiary/aromatic N) is 3. The highest BCUT2D eigenvalue weighted by molar-refractivity contribution is 8.00. The molecule has 6 heteroatoms. The van der Waals surface area contributed by atoms with Gasteiger partial charge in [0.1, 0.15) is 17.2 Å². The summed E-state index contributed by atoms with van der Waals surface area (Å²) in [6.45, 7) is 5.36. The van der Waals surface area contributed by atoms with Crippen molar-refractivity contribution in [3.63, 3.8) is 0 Å². The average molecular weight is 259 g/mol. The monoisotopic (exact) mass is 258 g/mol. The maximum absolute atomic E-state index is 6.14. The molecule has 2 N–H and O–H groups in total. The molecule has 0 bridgehead atoms. The molecule has 16 heavy (non-hydrogen) atoms. The van der Waals surface area contributed by atoms with Crippen molar-refractivity contribution in [2.45, 2.75) is 25.1 Å². The molecule has 0 spiro atoms. The lowest BCUT2D eigenvalue weighted by Crippen LogP contribution is -2.45. The third-order valence-electron chi connectivity index (χ3n) is 2.95. The number of nitrogen functional groups attached to an aromatic ring is 1. The van der Waals surface area contributed by atoms with Crippen LogP contribution >= 0.6 is 23.4 Å². The Kier molecular flexibility index (Phi) is 3.44. The van der Waals surface area contributed by atoms with Crippen LogP contribution in [0.25, 0.3) is 0 Å². The van der Waals surface area contributed by atoms with Crippen LogP contribution in [0.3, 0.4) is 0 Å². The average Bonchev–Trinajstić information content (AvgIpc) is 2.27. The van der Waals surface area contributed by atoms with Gasteiger partial charge in [-0.2, -0.15) is 11.8 Å². The van der Waals surface area contributed by atoms with E-state index < -0.39 is 0 Å². The van der Waals surface area contributed by atoms with Gasteiger partial charge < -0.3 is 10.6 Å². The molecule has 1 aliphatic rings. The van der Waals surface area contributed by atoms with Crippen LogP contribution in [0.15, 0.2) is 6.33 Å². The third kappa shape index (κ3) is 2.06. The number of anilines is 2. The number of rotatable bonds is 1. The van der Waals surface area contributed by atoms with E-state index in [0.717, 1.165) is 18.1 Å². The molecular weight excluding hydrogens is 244 g/mol. The Labute approximate surface area is 105 Å². The van der Waals surface area contributed by atoms with E-state index in [2.05, 4.69) is 28.7 Å². The predicted molar refractivity (Wildman–Crippen MR) is 70.2 cm³/mol.